The number of nitrogen functional groups attached to an aromatic ring is 1. The van der Waals surface area contributed by atoms with E-state index in [2.05, 4.69) is 20.9 Å². The fourth-order valence-corrected chi connectivity index (χ4v) is 2.01. The van der Waals surface area contributed by atoms with E-state index in [4.69, 9.17) is 5.73 Å². The molecule has 4 heteroatoms. The summed E-state index contributed by atoms with van der Waals surface area (Å²) in [6, 6.07) is 1.64. The molecule has 0 bridgehead atoms. The molecule has 3 nitrogen and oxygen atoms in total. The Balaban J connectivity index is 3.41. The van der Waals surface area contributed by atoms with Crippen molar-refractivity contribution in [2.24, 2.45) is 0 Å². The molecule has 0 aliphatic rings. The number of pyridine rings is 1. The van der Waals surface area contributed by atoms with Crippen LogP contribution in [0.5, 0.6) is 0 Å². The zero-order valence-corrected chi connectivity index (χ0v) is 9.53. The average Bonchev–Trinajstić information content (AvgIpc) is 1.94. The minimum atomic E-state index is -0.229. The zero-order chi connectivity index (χ0) is 10.2. The van der Waals surface area contributed by atoms with Gasteiger partial charge in [0, 0.05) is 15.6 Å². The Hall–Kier alpha value is -0.770. The van der Waals surface area contributed by atoms with Crippen LogP contribution in [0.25, 0.3) is 0 Å². The predicted molar refractivity (Wildman–Crippen MR) is 57.9 cm³/mol. The third-order valence-electron chi connectivity index (χ3n) is 1.77. The molecule has 0 amide bonds. The molecule has 1 heterocycles. The van der Waals surface area contributed by atoms with Gasteiger partial charge in [0.15, 0.2) is 0 Å². The number of H-pyrrole nitrogens is 1. The maximum Gasteiger partial charge on any atom is 0.271 e. The first kappa shape index (κ1) is 10.3. The van der Waals surface area contributed by atoms with Crippen molar-refractivity contribution in [3.63, 3.8) is 0 Å². The molecule has 3 N–H and O–H groups in total. The minimum absolute atomic E-state index is 0.0916. The van der Waals surface area contributed by atoms with E-state index in [0.717, 1.165) is 10.2 Å². The Labute approximate surface area is 85.5 Å². The highest BCUT2D eigenvalue weighted by molar-refractivity contribution is 9.10. The van der Waals surface area contributed by atoms with Crippen molar-refractivity contribution in [2.75, 3.05) is 5.73 Å². The first-order valence-corrected chi connectivity index (χ1v) is 4.80. The van der Waals surface area contributed by atoms with Gasteiger partial charge in [-0.05, 0) is 22.0 Å². The van der Waals surface area contributed by atoms with Gasteiger partial charge in [-0.15, -0.1) is 0 Å². The maximum absolute atomic E-state index is 11.2. The minimum Gasteiger partial charge on any atom is -0.394 e. The summed E-state index contributed by atoms with van der Waals surface area (Å²) in [5.74, 6) is 0. The van der Waals surface area contributed by atoms with Crippen LogP contribution in [-0.2, 0) is 5.41 Å². The monoisotopic (exact) mass is 244 g/mol. The lowest BCUT2D eigenvalue weighted by Gasteiger charge is -2.20. The van der Waals surface area contributed by atoms with Crippen LogP contribution in [0.1, 0.15) is 26.5 Å². The number of hydrogen-bond acceptors (Lipinski definition) is 2. The summed E-state index contributed by atoms with van der Waals surface area (Å²) < 4.78 is 0.845. The normalized spacial score (nSPS) is 11.7. The van der Waals surface area contributed by atoms with Gasteiger partial charge in [0.25, 0.3) is 5.56 Å². The van der Waals surface area contributed by atoms with Crippen molar-refractivity contribution < 1.29 is 0 Å². The molecule has 72 valence electrons. The molecule has 1 aromatic rings. The molecule has 0 fully saturated rings. The standard InChI is InChI=1S/C9H13BrN2O/c1-9(2,3)7-5(10)4-6(11)8(13)12-7/h4H,11H2,1-3H3,(H,12,13). The fraction of sp³-hybridized carbons (Fsp3) is 0.444. The smallest absolute Gasteiger partial charge is 0.271 e. The highest BCUT2D eigenvalue weighted by Crippen LogP contribution is 2.27. The second kappa shape index (κ2) is 3.18. The van der Waals surface area contributed by atoms with Crippen molar-refractivity contribution in [3.8, 4) is 0 Å². The molecule has 13 heavy (non-hydrogen) atoms. The van der Waals surface area contributed by atoms with E-state index in [0.29, 0.717) is 0 Å². The SMILES string of the molecule is CC(C)(C)c1[nH]c(=O)c(N)cc1Br. The highest BCUT2D eigenvalue weighted by Gasteiger charge is 2.18. The van der Waals surface area contributed by atoms with E-state index in [1.165, 1.54) is 0 Å². The quantitative estimate of drug-likeness (QED) is 0.734. The molecule has 1 rings (SSSR count). The molecule has 0 aliphatic carbocycles. The van der Waals surface area contributed by atoms with Gasteiger partial charge in [-0.2, -0.15) is 0 Å². The average molecular weight is 245 g/mol. The lowest BCUT2D eigenvalue weighted by Crippen LogP contribution is -2.22. The first-order valence-electron chi connectivity index (χ1n) is 4.01. The summed E-state index contributed by atoms with van der Waals surface area (Å²) in [6.07, 6.45) is 0. The molecule has 0 aromatic carbocycles. The van der Waals surface area contributed by atoms with E-state index in [1.807, 2.05) is 20.8 Å². The van der Waals surface area contributed by atoms with Gasteiger partial charge in [0.05, 0.1) is 5.69 Å². The molecule has 1 aromatic heterocycles. The number of rotatable bonds is 0. The van der Waals surface area contributed by atoms with Crippen molar-refractivity contribution in [2.45, 2.75) is 26.2 Å². The zero-order valence-electron chi connectivity index (χ0n) is 7.94. The van der Waals surface area contributed by atoms with E-state index in [1.54, 1.807) is 6.07 Å². The number of nitrogens with two attached hydrogens (primary N) is 1. The molecule has 0 unspecified atom stereocenters. The van der Waals surface area contributed by atoms with E-state index in [-0.39, 0.29) is 16.7 Å². The van der Waals surface area contributed by atoms with Gasteiger partial charge >= 0.3 is 0 Å². The summed E-state index contributed by atoms with van der Waals surface area (Å²) in [6.45, 7) is 6.08. The Morgan fingerprint density at radius 3 is 2.46 bits per heavy atom. The predicted octanol–water partition coefficient (Wildman–Crippen LogP) is 2.02. The number of aromatic nitrogens is 1. The summed E-state index contributed by atoms with van der Waals surface area (Å²) in [5.41, 5.74) is 6.24. The number of halogens is 1. The van der Waals surface area contributed by atoms with Gasteiger partial charge in [0.2, 0.25) is 0 Å². The van der Waals surface area contributed by atoms with Crippen LogP contribution in [0, 0.1) is 0 Å². The molecule has 0 saturated heterocycles. The van der Waals surface area contributed by atoms with E-state index in [9.17, 15) is 4.79 Å². The molecular formula is C9H13BrN2O. The fourth-order valence-electron chi connectivity index (χ4n) is 1.07. The van der Waals surface area contributed by atoms with Crippen molar-refractivity contribution in [1.82, 2.24) is 4.98 Å². The molecule has 0 saturated carbocycles. The van der Waals surface area contributed by atoms with Crippen LogP contribution in [-0.4, -0.2) is 4.98 Å². The van der Waals surface area contributed by atoms with Crippen molar-refractivity contribution in [1.29, 1.82) is 0 Å². The molecular weight excluding hydrogens is 232 g/mol. The largest absolute Gasteiger partial charge is 0.394 e. The second-order valence-electron chi connectivity index (χ2n) is 4.03. The summed E-state index contributed by atoms with van der Waals surface area (Å²) in [4.78, 5) is 14.0. The molecule has 0 radical (unpaired) electrons. The topological polar surface area (TPSA) is 58.9 Å². The summed E-state index contributed by atoms with van der Waals surface area (Å²) in [7, 11) is 0. The Morgan fingerprint density at radius 1 is 1.46 bits per heavy atom. The second-order valence-corrected chi connectivity index (χ2v) is 4.88. The van der Waals surface area contributed by atoms with Gasteiger partial charge in [-0.25, -0.2) is 0 Å². The van der Waals surface area contributed by atoms with Crippen LogP contribution in [0.4, 0.5) is 5.69 Å². The van der Waals surface area contributed by atoms with Gasteiger partial charge < -0.3 is 10.7 Å². The Bertz CT molecular complexity index is 376. The van der Waals surface area contributed by atoms with Crippen molar-refractivity contribution in [3.05, 3.63) is 26.6 Å². The lowest BCUT2D eigenvalue weighted by molar-refractivity contribution is 0.563. The van der Waals surface area contributed by atoms with Crippen LogP contribution in [0.15, 0.2) is 15.3 Å². The molecule has 0 atom stereocenters. The molecule has 0 spiro atoms. The van der Waals surface area contributed by atoms with Crippen LogP contribution >= 0.6 is 15.9 Å². The van der Waals surface area contributed by atoms with E-state index >= 15 is 0 Å². The highest BCUT2D eigenvalue weighted by atomic mass is 79.9. The van der Waals surface area contributed by atoms with Gasteiger partial charge in [-0.3, -0.25) is 4.79 Å². The number of nitrogens with one attached hydrogen (secondary N) is 1. The summed E-state index contributed by atoms with van der Waals surface area (Å²) >= 11 is 3.37. The summed E-state index contributed by atoms with van der Waals surface area (Å²) in [5, 5.41) is 0. The number of hydrogen-bond donors (Lipinski definition) is 2. The Kier molecular flexibility index (Phi) is 2.52. The van der Waals surface area contributed by atoms with E-state index < -0.39 is 0 Å². The molecule has 0 aliphatic heterocycles. The van der Waals surface area contributed by atoms with Crippen LogP contribution < -0.4 is 11.3 Å². The maximum atomic E-state index is 11.2. The lowest BCUT2D eigenvalue weighted by atomic mass is 9.92. The Morgan fingerprint density at radius 2 is 2.00 bits per heavy atom. The number of anilines is 1. The third-order valence-corrected chi connectivity index (χ3v) is 2.40. The van der Waals surface area contributed by atoms with Crippen LogP contribution in [0.3, 0.4) is 0 Å². The van der Waals surface area contributed by atoms with Crippen molar-refractivity contribution >= 4 is 21.6 Å². The van der Waals surface area contributed by atoms with Gasteiger partial charge in [0.1, 0.15) is 0 Å². The third kappa shape index (κ3) is 2.12. The first-order chi connectivity index (χ1) is 5.82. The van der Waals surface area contributed by atoms with Gasteiger partial charge in [-0.1, -0.05) is 20.8 Å². The number of aromatic amines is 1. The van der Waals surface area contributed by atoms with Crippen LogP contribution in [0.2, 0.25) is 0 Å².